The molecule has 10 nitrogen and oxygen atoms in total. The Kier molecular flexibility index (Phi) is 7.16. The zero-order valence-corrected chi connectivity index (χ0v) is 15.4. The van der Waals surface area contributed by atoms with Crippen LogP contribution in [-0.4, -0.2) is 24.9 Å². The number of hydrogen-bond acceptors (Lipinski definition) is 7. The molecule has 0 spiro atoms. The first kappa shape index (κ1) is 20.7. The van der Waals surface area contributed by atoms with Crippen LogP contribution in [0.3, 0.4) is 0 Å². The van der Waals surface area contributed by atoms with Gasteiger partial charge in [-0.1, -0.05) is 19.3 Å². The van der Waals surface area contributed by atoms with E-state index in [4.69, 9.17) is 15.9 Å². The van der Waals surface area contributed by atoms with Crippen LogP contribution in [0.15, 0.2) is 34.9 Å². The highest BCUT2D eigenvalue weighted by molar-refractivity contribution is 7.83. The van der Waals surface area contributed by atoms with Crippen LogP contribution in [0.2, 0.25) is 0 Å². The summed E-state index contributed by atoms with van der Waals surface area (Å²) in [6.07, 6.45) is 6.23. The van der Waals surface area contributed by atoms with E-state index in [1.54, 1.807) is 24.3 Å². The summed E-state index contributed by atoms with van der Waals surface area (Å²) in [5, 5.41) is 2.60. The predicted molar refractivity (Wildman–Crippen MR) is 98.2 cm³/mol. The standard InChI is InChI=1S/C10H10N4O2.C6H13NO3S/c11-8-4-3-6(9(12)14-8)13-10(15)7-2-1-5-16-7;8-11(9,10)7-6-4-2-1-3-5-6/h1-5H,(H,13,15)(H4,11,12,14);6-7H,1-5H2,(H,8,9,10). The lowest BCUT2D eigenvalue weighted by molar-refractivity contribution is -0.341. The van der Waals surface area contributed by atoms with Crippen LogP contribution in [0.5, 0.6) is 0 Å². The van der Waals surface area contributed by atoms with Crippen LogP contribution in [-0.2, 0) is 10.3 Å². The van der Waals surface area contributed by atoms with Gasteiger partial charge in [0.2, 0.25) is 11.6 Å². The average Bonchev–Trinajstić information content (AvgIpc) is 3.12. The van der Waals surface area contributed by atoms with E-state index in [2.05, 4.69) is 15.0 Å². The minimum absolute atomic E-state index is 0.105. The SMILES string of the molecule is Nc1ccc(NC(=O)c2ccco2)c(N)[nH+]1.O=S(=O)([O-])NC1CCCCC1. The summed E-state index contributed by atoms with van der Waals surface area (Å²) in [4.78, 5) is 14.3. The van der Waals surface area contributed by atoms with Gasteiger partial charge in [0, 0.05) is 12.1 Å². The monoisotopic (exact) mass is 397 g/mol. The topological polar surface area (TPSA) is 178 Å². The minimum Gasteiger partial charge on any atom is -0.735 e. The fraction of sp³-hybridized carbons (Fsp3) is 0.375. The number of aromatic nitrogens is 1. The van der Waals surface area contributed by atoms with Gasteiger partial charge in [-0.15, -0.1) is 0 Å². The number of pyridine rings is 1. The maximum atomic E-state index is 11.6. The van der Waals surface area contributed by atoms with Gasteiger partial charge in [-0.25, -0.2) is 18.1 Å². The van der Waals surface area contributed by atoms with Gasteiger partial charge in [0.25, 0.3) is 5.91 Å². The molecule has 2 aromatic heterocycles. The number of hydrogen-bond donors (Lipinski definition) is 4. The fourth-order valence-electron chi connectivity index (χ4n) is 2.65. The van der Waals surface area contributed by atoms with Crippen molar-refractivity contribution in [2.45, 2.75) is 38.1 Å². The van der Waals surface area contributed by atoms with Crippen molar-refractivity contribution in [3.8, 4) is 0 Å². The van der Waals surface area contributed by atoms with Crippen LogP contribution in [0, 0.1) is 0 Å². The minimum atomic E-state index is -4.22. The summed E-state index contributed by atoms with van der Waals surface area (Å²) in [5.41, 5.74) is 11.6. The molecule has 2 heterocycles. The number of nitrogen functional groups attached to an aromatic ring is 2. The van der Waals surface area contributed by atoms with Gasteiger partial charge in [-0.2, -0.15) is 0 Å². The van der Waals surface area contributed by atoms with Crippen molar-refractivity contribution < 1.29 is 27.2 Å². The lowest BCUT2D eigenvalue weighted by Crippen LogP contribution is -2.35. The highest BCUT2D eigenvalue weighted by Crippen LogP contribution is 2.17. The van der Waals surface area contributed by atoms with Gasteiger partial charge < -0.3 is 25.8 Å². The van der Waals surface area contributed by atoms with Crippen LogP contribution >= 0.6 is 0 Å². The number of amides is 1. The van der Waals surface area contributed by atoms with Crippen molar-refractivity contribution in [1.29, 1.82) is 0 Å². The smallest absolute Gasteiger partial charge is 0.291 e. The first-order chi connectivity index (χ1) is 12.7. The van der Waals surface area contributed by atoms with E-state index in [0.717, 1.165) is 32.1 Å². The van der Waals surface area contributed by atoms with Crippen molar-refractivity contribution in [3.05, 3.63) is 36.3 Å². The van der Waals surface area contributed by atoms with Crippen LogP contribution < -0.4 is 26.5 Å². The van der Waals surface area contributed by atoms with Crippen molar-refractivity contribution in [2.24, 2.45) is 0 Å². The van der Waals surface area contributed by atoms with E-state index in [-0.39, 0.29) is 17.7 Å². The Morgan fingerprint density at radius 1 is 1.19 bits per heavy atom. The number of anilines is 3. The van der Waals surface area contributed by atoms with Crippen LogP contribution in [0.1, 0.15) is 42.7 Å². The fourth-order valence-corrected chi connectivity index (χ4v) is 3.30. The molecule has 0 radical (unpaired) electrons. The Hall–Kier alpha value is -2.63. The Morgan fingerprint density at radius 2 is 1.89 bits per heavy atom. The molecule has 1 aliphatic rings. The summed E-state index contributed by atoms with van der Waals surface area (Å²) in [7, 11) is -4.22. The Labute approximate surface area is 157 Å². The number of nitrogens with one attached hydrogen (secondary N) is 3. The first-order valence-corrected chi connectivity index (χ1v) is 9.80. The molecule has 0 saturated heterocycles. The van der Waals surface area contributed by atoms with Crippen LogP contribution in [0.25, 0.3) is 0 Å². The summed E-state index contributed by atoms with van der Waals surface area (Å²) in [6, 6.07) is 6.31. The summed E-state index contributed by atoms with van der Waals surface area (Å²) < 4.78 is 37.7. The summed E-state index contributed by atoms with van der Waals surface area (Å²) >= 11 is 0. The molecule has 3 rings (SSSR count). The Morgan fingerprint density at radius 3 is 2.44 bits per heavy atom. The molecule has 2 aromatic rings. The van der Waals surface area contributed by atoms with Crippen molar-refractivity contribution in [1.82, 2.24) is 4.72 Å². The number of nitrogens with two attached hydrogens (primary N) is 2. The number of carbonyl (C=O) groups is 1. The Balaban J connectivity index is 0.000000208. The highest BCUT2D eigenvalue weighted by Gasteiger charge is 2.14. The molecular formula is C16H23N5O5S. The molecule has 0 aliphatic heterocycles. The zero-order valence-electron chi connectivity index (χ0n) is 14.6. The maximum absolute atomic E-state index is 11.6. The second-order valence-corrected chi connectivity index (χ2v) is 7.22. The van der Waals surface area contributed by atoms with E-state index in [0.29, 0.717) is 17.3 Å². The number of furan rings is 1. The van der Waals surface area contributed by atoms with Gasteiger partial charge in [-0.05, 0) is 31.0 Å². The maximum Gasteiger partial charge on any atom is 0.291 e. The number of carbonyl (C=O) groups excluding carboxylic acids is 1. The molecule has 1 aliphatic carbocycles. The lowest BCUT2D eigenvalue weighted by atomic mass is 9.96. The molecule has 148 valence electrons. The van der Waals surface area contributed by atoms with Gasteiger partial charge in [0.1, 0.15) is 5.69 Å². The molecule has 11 heteroatoms. The van der Waals surface area contributed by atoms with E-state index in [9.17, 15) is 17.8 Å². The molecule has 0 bridgehead atoms. The van der Waals surface area contributed by atoms with E-state index in [1.807, 2.05) is 0 Å². The van der Waals surface area contributed by atoms with Gasteiger partial charge >= 0.3 is 0 Å². The predicted octanol–water partition coefficient (Wildman–Crippen LogP) is 0.879. The molecule has 7 N–H and O–H groups in total. The molecule has 27 heavy (non-hydrogen) atoms. The average molecular weight is 397 g/mol. The van der Waals surface area contributed by atoms with Gasteiger partial charge in [0.15, 0.2) is 16.1 Å². The van der Waals surface area contributed by atoms with Crippen LogP contribution in [0.4, 0.5) is 17.3 Å². The molecule has 1 fully saturated rings. The summed E-state index contributed by atoms with van der Waals surface area (Å²) in [6.45, 7) is 0. The van der Waals surface area contributed by atoms with Gasteiger partial charge in [0.05, 0.1) is 6.26 Å². The second kappa shape index (κ2) is 9.35. The third-order valence-electron chi connectivity index (χ3n) is 3.91. The molecule has 0 unspecified atom stereocenters. The molecule has 0 aromatic carbocycles. The number of rotatable bonds is 4. The quantitative estimate of drug-likeness (QED) is 0.553. The van der Waals surface area contributed by atoms with Gasteiger partial charge in [-0.3, -0.25) is 4.79 Å². The second-order valence-electron chi connectivity index (χ2n) is 6.08. The number of H-pyrrole nitrogens is 1. The normalized spacial score (nSPS) is 14.9. The molecule has 1 amide bonds. The molecular weight excluding hydrogens is 374 g/mol. The van der Waals surface area contributed by atoms with E-state index >= 15 is 0 Å². The van der Waals surface area contributed by atoms with Crippen molar-refractivity contribution in [3.63, 3.8) is 0 Å². The molecule has 0 atom stereocenters. The first-order valence-electron chi connectivity index (χ1n) is 8.40. The zero-order chi connectivity index (χ0) is 19.9. The molecule has 1 saturated carbocycles. The largest absolute Gasteiger partial charge is 0.735 e. The lowest BCUT2D eigenvalue weighted by Gasteiger charge is -2.23. The number of aromatic amines is 1. The summed E-state index contributed by atoms with van der Waals surface area (Å²) in [5.74, 6) is 0.569. The van der Waals surface area contributed by atoms with E-state index < -0.39 is 10.3 Å². The Bertz CT molecular complexity index is 848. The third-order valence-corrected chi connectivity index (χ3v) is 4.53. The van der Waals surface area contributed by atoms with Crippen molar-refractivity contribution in [2.75, 3.05) is 16.8 Å². The third kappa shape index (κ3) is 7.25. The van der Waals surface area contributed by atoms with Crippen molar-refractivity contribution >= 4 is 33.5 Å². The van der Waals surface area contributed by atoms with E-state index in [1.165, 1.54) is 6.26 Å². The highest BCUT2D eigenvalue weighted by atomic mass is 32.2.